The Labute approximate surface area is 186 Å². The molecule has 2 amide bonds. The second kappa shape index (κ2) is 9.51. The summed E-state index contributed by atoms with van der Waals surface area (Å²) < 4.78 is 10.4. The Bertz CT molecular complexity index is 1100. The third-order valence-electron chi connectivity index (χ3n) is 4.81. The average Bonchev–Trinajstić information content (AvgIpc) is 3.29. The molecule has 0 aliphatic carbocycles. The van der Waals surface area contributed by atoms with Gasteiger partial charge in [0.05, 0.1) is 17.5 Å². The van der Waals surface area contributed by atoms with Crippen LogP contribution in [-0.4, -0.2) is 23.9 Å². The molecule has 3 aromatic rings. The summed E-state index contributed by atoms with van der Waals surface area (Å²) in [5.41, 5.74) is 2.14. The molecule has 0 spiro atoms. The van der Waals surface area contributed by atoms with E-state index in [9.17, 15) is 14.4 Å². The number of carbonyl (C=O) groups excluding carboxylic acids is 3. The van der Waals surface area contributed by atoms with Crippen molar-refractivity contribution in [1.29, 1.82) is 0 Å². The van der Waals surface area contributed by atoms with Crippen LogP contribution in [0.3, 0.4) is 0 Å². The second-order valence-electron chi connectivity index (χ2n) is 8.34. The number of hydrogen-bond acceptors (Lipinski definition) is 5. The molecule has 0 bridgehead atoms. The van der Waals surface area contributed by atoms with Gasteiger partial charge in [0.25, 0.3) is 11.8 Å². The number of carbonyl (C=O) groups is 3. The van der Waals surface area contributed by atoms with Gasteiger partial charge in [0.1, 0.15) is 0 Å². The Hall–Kier alpha value is -3.87. The third kappa shape index (κ3) is 5.63. The van der Waals surface area contributed by atoms with Crippen molar-refractivity contribution in [1.82, 2.24) is 0 Å². The fourth-order valence-electron chi connectivity index (χ4n) is 2.94. The van der Waals surface area contributed by atoms with Crippen molar-refractivity contribution in [3.05, 3.63) is 83.8 Å². The topological polar surface area (TPSA) is 97.6 Å². The van der Waals surface area contributed by atoms with E-state index in [0.717, 1.165) is 5.56 Å². The van der Waals surface area contributed by atoms with Crippen LogP contribution in [0.5, 0.6) is 0 Å². The summed E-state index contributed by atoms with van der Waals surface area (Å²) in [5.74, 6) is -1.58. The highest BCUT2D eigenvalue weighted by atomic mass is 16.5. The van der Waals surface area contributed by atoms with Gasteiger partial charge in [-0.1, -0.05) is 45.0 Å². The Kier molecular flexibility index (Phi) is 6.78. The quantitative estimate of drug-likeness (QED) is 0.531. The first-order valence-electron chi connectivity index (χ1n) is 10.2. The van der Waals surface area contributed by atoms with Crippen LogP contribution >= 0.6 is 0 Å². The Morgan fingerprint density at radius 1 is 0.906 bits per heavy atom. The lowest BCUT2D eigenvalue weighted by Crippen LogP contribution is -2.30. The minimum atomic E-state index is -1.04. The fraction of sp³-hybridized carbons (Fsp3) is 0.240. The first kappa shape index (κ1) is 22.8. The van der Waals surface area contributed by atoms with Crippen LogP contribution in [0.4, 0.5) is 11.4 Å². The van der Waals surface area contributed by atoms with Crippen LogP contribution in [0, 0.1) is 0 Å². The average molecular weight is 434 g/mol. The third-order valence-corrected chi connectivity index (χ3v) is 4.81. The van der Waals surface area contributed by atoms with Gasteiger partial charge in [0.15, 0.2) is 11.9 Å². The summed E-state index contributed by atoms with van der Waals surface area (Å²) in [7, 11) is 0. The van der Waals surface area contributed by atoms with E-state index in [2.05, 4.69) is 31.4 Å². The van der Waals surface area contributed by atoms with Crippen molar-refractivity contribution in [2.75, 3.05) is 10.6 Å². The molecule has 7 nitrogen and oxygen atoms in total. The van der Waals surface area contributed by atoms with Crippen molar-refractivity contribution in [3.8, 4) is 0 Å². The van der Waals surface area contributed by atoms with Gasteiger partial charge in [-0.05, 0) is 54.3 Å². The summed E-state index contributed by atoms with van der Waals surface area (Å²) in [6, 6.07) is 17.0. The number of rotatable bonds is 6. The highest BCUT2D eigenvalue weighted by Crippen LogP contribution is 2.24. The van der Waals surface area contributed by atoms with Crippen LogP contribution in [0.15, 0.2) is 71.3 Å². The van der Waals surface area contributed by atoms with Crippen LogP contribution in [0.1, 0.15) is 54.2 Å². The maximum Gasteiger partial charge on any atom is 0.341 e. The molecule has 0 saturated heterocycles. The molecular formula is C25H26N2O5. The van der Waals surface area contributed by atoms with Gasteiger partial charge in [-0.3, -0.25) is 9.59 Å². The first-order valence-corrected chi connectivity index (χ1v) is 10.2. The molecule has 3 rings (SSSR count). The fourth-order valence-corrected chi connectivity index (χ4v) is 2.94. The molecule has 166 valence electrons. The summed E-state index contributed by atoms with van der Waals surface area (Å²) in [6.45, 7) is 7.81. The standard InChI is InChI=1S/C25H26N2O5/c1-16(22(28)26-18-13-11-17(12-14-18)25(2,3)4)32-24(30)19-8-5-6-9-20(19)27-23(29)21-10-7-15-31-21/h5-16H,1-4H3,(H,26,28)(H,27,29). The van der Waals surface area contributed by atoms with E-state index in [1.54, 1.807) is 24.3 Å². The second-order valence-corrected chi connectivity index (χ2v) is 8.34. The molecule has 7 heteroatoms. The number of nitrogens with one attached hydrogen (secondary N) is 2. The first-order chi connectivity index (χ1) is 15.1. The number of benzene rings is 2. The number of anilines is 2. The van der Waals surface area contributed by atoms with E-state index in [0.29, 0.717) is 5.69 Å². The zero-order valence-corrected chi connectivity index (χ0v) is 18.5. The predicted octanol–water partition coefficient (Wildman–Crippen LogP) is 5.01. The molecule has 0 aliphatic rings. The molecule has 1 heterocycles. The van der Waals surface area contributed by atoms with Crippen molar-refractivity contribution < 1.29 is 23.5 Å². The lowest BCUT2D eigenvalue weighted by atomic mass is 9.87. The number of hydrogen-bond donors (Lipinski definition) is 2. The lowest BCUT2D eigenvalue weighted by Gasteiger charge is -2.19. The van der Waals surface area contributed by atoms with Gasteiger partial charge in [-0.2, -0.15) is 0 Å². The van der Waals surface area contributed by atoms with Gasteiger partial charge < -0.3 is 19.8 Å². The lowest BCUT2D eigenvalue weighted by molar-refractivity contribution is -0.123. The Balaban J connectivity index is 1.64. The molecule has 0 fully saturated rings. The number of amides is 2. The van der Waals surface area contributed by atoms with E-state index in [4.69, 9.17) is 9.15 Å². The van der Waals surface area contributed by atoms with Crippen molar-refractivity contribution >= 4 is 29.2 Å². The maximum atomic E-state index is 12.7. The number of para-hydroxylation sites is 1. The van der Waals surface area contributed by atoms with Crippen molar-refractivity contribution in [3.63, 3.8) is 0 Å². The molecule has 0 saturated carbocycles. The highest BCUT2D eigenvalue weighted by Gasteiger charge is 2.22. The number of esters is 1. The zero-order valence-electron chi connectivity index (χ0n) is 18.5. The van der Waals surface area contributed by atoms with Crippen LogP contribution < -0.4 is 10.6 Å². The van der Waals surface area contributed by atoms with E-state index < -0.39 is 23.9 Å². The summed E-state index contributed by atoms with van der Waals surface area (Å²) in [6.07, 6.45) is 0.338. The Morgan fingerprint density at radius 2 is 1.59 bits per heavy atom. The number of ether oxygens (including phenoxy) is 1. The van der Waals surface area contributed by atoms with Crippen LogP contribution in [0.25, 0.3) is 0 Å². The minimum absolute atomic E-state index is 0.00507. The van der Waals surface area contributed by atoms with Gasteiger partial charge in [-0.15, -0.1) is 0 Å². The van der Waals surface area contributed by atoms with Crippen LogP contribution in [-0.2, 0) is 14.9 Å². The van der Waals surface area contributed by atoms with E-state index in [1.165, 1.54) is 25.3 Å². The number of furan rings is 1. The van der Waals surface area contributed by atoms with E-state index >= 15 is 0 Å². The SMILES string of the molecule is CC(OC(=O)c1ccccc1NC(=O)c1ccco1)C(=O)Nc1ccc(C(C)(C)C)cc1. The molecule has 1 unspecified atom stereocenters. The zero-order chi connectivity index (χ0) is 23.3. The van der Waals surface area contributed by atoms with E-state index in [1.807, 2.05) is 24.3 Å². The molecule has 0 aliphatic heterocycles. The monoisotopic (exact) mass is 434 g/mol. The van der Waals surface area contributed by atoms with E-state index in [-0.39, 0.29) is 22.4 Å². The molecular weight excluding hydrogens is 408 g/mol. The van der Waals surface area contributed by atoms with Gasteiger partial charge >= 0.3 is 5.97 Å². The molecule has 1 atom stereocenters. The van der Waals surface area contributed by atoms with Gasteiger partial charge in [0.2, 0.25) is 0 Å². The molecule has 32 heavy (non-hydrogen) atoms. The highest BCUT2D eigenvalue weighted by molar-refractivity contribution is 6.07. The molecule has 2 aromatic carbocycles. The van der Waals surface area contributed by atoms with Gasteiger partial charge in [-0.25, -0.2) is 4.79 Å². The van der Waals surface area contributed by atoms with Gasteiger partial charge in [0, 0.05) is 5.69 Å². The van der Waals surface area contributed by atoms with Crippen molar-refractivity contribution in [2.24, 2.45) is 0 Å². The maximum absolute atomic E-state index is 12.7. The van der Waals surface area contributed by atoms with Crippen LogP contribution in [0.2, 0.25) is 0 Å². The Morgan fingerprint density at radius 3 is 2.22 bits per heavy atom. The summed E-state index contributed by atoms with van der Waals surface area (Å²) >= 11 is 0. The van der Waals surface area contributed by atoms with Crippen molar-refractivity contribution in [2.45, 2.75) is 39.2 Å². The largest absolute Gasteiger partial charge is 0.459 e. The molecule has 0 radical (unpaired) electrons. The summed E-state index contributed by atoms with van der Waals surface area (Å²) in [5, 5.41) is 5.36. The smallest absolute Gasteiger partial charge is 0.341 e. The normalized spacial score (nSPS) is 12.0. The summed E-state index contributed by atoms with van der Waals surface area (Å²) in [4.78, 5) is 37.4. The molecule has 1 aromatic heterocycles. The minimum Gasteiger partial charge on any atom is -0.459 e. The molecule has 2 N–H and O–H groups in total. The predicted molar refractivity (Wildman–Crippen MR) is 122 cm³/mol.